The predicted octanol–water partition coefficient (Wildman–Crippen LogP) is 4.31. The fourth-order valence-electron chi connectivity index (χ4n) is 2.60. The first-order valence-corrected chi connectivity index (χ1v) is 8.53. The van der Waals surface area contributed by atoms with Gasteiger partial charge in [0, 0.05) is 29.3 Å². The van der Waals surface area contributed by atoms with E-state index in [0.29, 0.717) is 6.42 Å². The molecule has 0 saturated heterocycles. The third-order valence-electron chi connectivity index (χ3n) is 3.90. The number of fused-ring (bicyclic) bond motifs is 1. The average Bonchev–Trinajstić information content (AvgIpc) is 2.92. The van der Waals surface area contributed by atoms with Gasteiger partial charge in [-0.25, -0.2) is 0 Å². The van der Waals surface area contributed by atoms with Crippen LogP contribution in [0.2, 0.25) is 0 Å². The van der Waals surface area contributed by atoms with E-state index in [0.717, 1.165) is 17.0 Å². The number of benzene rings is 2. The normalized spacial score (nSPS) is 10.9. The van der Waals surface area contributed by atoms with E-state index in [1.807, 2.05) is 12.1 Å². The molecule has 2 N–H and O–H groups in total. The van der Waals surface area contributed by atoms with Crippen LogP contribution in [0.4, 0.5) is 0 Å². The van der Waals surface area contributed by atoms with Crippen molar-refractivity contribution < 1.29 is 4.79 Å². The molecule has 0 spiro atoms. The first-order chi connectivity index (χ1) is 11.2. The predicted molar refractivity (Wildman–Crippen MR) is 96.0 cm³/mol. The molecule has 0 aliphatic heterocycles. The van der Waals surface area contributed by atoms with Crippen LogP contribution in [0.1, 0.15) is 17.5 Å². The first-order valence-electron chi connectivity index (χ1n) is 7.72. The van der Waals surface area contributed by atoms with E-state index in [-0.39, 0.29) is 5.91 Å². The molecule has 0 bridgehead atoms. The van der Waals surface area contributed by atoms with E-state index in [4.69, 9.17) is 0 Å². The Labute approximate surface area is 140 Å². The maximum Gasteiger partial charge on any atom is 0.220 e. The highest BCUT2D eigenvalue weighted by atomic mass is 32.2. The van der Waals surface area contributed by atoms with Gasteiger partial charge < -0.3 is 10.3 Å². The van der Waals surface area contributed by atoms with E-state index in [1.54, 1.807) is 18.8 Å². The Balaban J connectivity index is 1.94. The van der Waals surface area contributed by atoms with E-state index < -0.39 is 0 Å². The van der Waals surface area contributed by atoms with Crippen LogP contribution < -0.4 is 5.32 Å². The number of H-pyrrole nitrogens is 1. The van der Waals surface area contributed by atoms with E-state index in [1.165, 1.54) is 21.4 Å². The summed E-state index contributed by atoms with van der Waals surface area (Å²) in [6.07, 6.45) is 1.23. The van der Waals surface area contributed by atoms with Crippen LogP contribution in [-0.4, -0.2) is 17.9 Å². The lowest BCUT2D eigenvalue weighted by molar-refractivity contribution is -0.120. The van der Waals surface area contributed by atoms with Gasteiger partial charge in [-0.2, -0.15) is 0 Å². The molecule has 0 fully saturated rings. The Kier molecular flexibility index (Phi) is 4.72. The Hall–Kier alpha value is -2.20. The van der Waals surface area contributed by atoms with Crippen LogP contribution in [0.5, 0.6) is 0 Å². The molecule has 3 rings (SSSR count). The molecule has 0 aliphatic rings. The molecule has 1 aromatic heterocycles. The minimum atomic E-state index is 0.0709. The summed E-state index contributed by atoms with van der Waals surface area (Å²) in [7, 11) is 1.68. The SMILES string of the molecule is CNC(=O)CCc1c(Sc2ccc(C)cc2)[nH]c2ccccc12. The molecule has 3 nitrogen and oxygen atoms in total. The van der Waals surface area contributed by atoms with Crippen molar-refractivity contribution in [3.63, 3.8) is 0 Å². The maximum absolute atomic E-state index is 11.6. The van der Waals surface area contributed by atoms with Gasteiger partial charge in [0.1, 0.15) is 0 Å². The number of hydrogen-bond acceptors (Lipinski definition) is 2. The van der Waals surface area contributed by atoms with Gasteiger partial charge in [0.2, 0.25) is 5.91 Å². The second-order valence-corrected chi connectivity index (χ2v) is 6.65. The Morgan fingerprint density at radius 2 is 1.87 bits per heavy atom. The zero-order chi connectivity index (χ0) is 16.2. The van der Waals surface area contributed by atoms with Crippen molar-refractivity contribution in [1.29, 1.82) is 0 Å². The third-order valence-corrected chi connectivity index (χ3v) is 4.96. The van der Waals surface area contributed by atoms with Crippen molar-refractivity contribution in [1.82, 2.24) is 10.3 Å². The summed E-state index contributed by atoms with van der Waals surface area (Å²) >= 11 is 1.72. The largest absolute Gasteiger partial charge is 0.359 e. The minimum absolute atomic E-state index is 0.0709. The van der Waals surface area contributed by atoms with Gasteiger partial charge in [-0.05, 0) is 37.1 Å². The van der Waals surface area contributed by atoms with Crippen molar-refractivity contribution in [2.45, 2.75) is 29.7 Å². The Morgan fingerprint density at radius 1 is 1.13 bits per heavy atom. The summed E-state index contributed by atoms with van der Waals surface area (Å²) in [4.78, 5) is 16.3. The average molecular weight is 324 g/mol. The smallest absolute Gasteiger partial charge is 0.220 e. The zero-order valence-corrected chi connectivity index (χ0v) is 14.2. The summed E-state index contributed by atoms with van der Waals surface area (Å²) in [6.45, 7) is 2.09. The molecule has 0 unspecified atom stereocenters. The number of carbonyl (C=O) groups excluding carboxylic acids is 1. The third kappa shape index (κ3) is 3.59. The number of nitrogens with one attached hydrogen (secondary N) is 2. The Morgan fingerprint density at radius 3 is 2.61 bits per heavy atom. The van der Waals surface area contributed by atoms with Crippen LogP contribution in [0.15, 0.2) is 58.5 Å². The van der Waals surface area contributed by atoms with Gasteiger partial charge in [-0.3, -0.25) is 4.79 Å². The van der Waals surface area contributed by atoms with Crippen molar-refractivity contribution >= 4 is 28.6 Å². The van der Waals surface area contributed by atoms with Gasteiger partial charge in [0.15, 0.2) is 0 Å². The molecular weight excluding hydrogens is 304 g/mol. The molecule has 0 radical (unpaired) electrons. The molecular formula is C19H20N2OS. The first kappa shape index (κ1) is 15.7. The molecule has 118 valence electrons. The fourth-order valence-corrected chi connectivity index (χ4v) is 3.60. The quantitative estimate of drug-likeness (QED) is 0.735. The lowest BCUT2D eigenvalue weighted by atomic mass is 10.1. The second kappa shape index (κ2) is 6.92. The van der Waals surface area contributed by atoms with Gasteiger partial charge in [0.05, 0.1) is 5.03 Å². The highest BCUT2D eigenvalue weighted by molar-refractivity contribution is 7.99. The molecule has 4 heteroatoms. The second-order valence-electron chi connectivity index (χ2n) is 5.57. The Bertz CT molecular complexity index is 821. The van der Waals surface area contributed by atoms with E-state index in [2.05, 4.69) is 53.6 Å². The van der Waals surface area contributed by atoms with Crippen LogP contribution in [0.3, 0.4) is 0 Å². The van der Waals surface area contributed by atoms with Crippen LogP contribution in [0.25, 0.3) is 10.9 Å². The number of aryl methyl sites for hydroxylation is 2. The number of carbonyl (C=O) groups is 1. The zero-order valence-electron chi connectivity index (χ0n) is 13.3. The molecule has 23 heavy (non-hydrogen) atoms. The van der Waals surface area contributed by atoms with E-state index >= 15 is 0 Å². The van der Waals surface area contributed by atoms with E-state index in [9.17, 15) is 4.79 Å². The number of amides is 1. The maximum atomic E-state index is 11.6. The molecule has 3 aromatic rings. The molecule has 1 heterocycles. The molecule has 1 amide bonds. The number of rotatable bonds is 5. The van der Waals surface area contributed by atoms with Crippen LogP contribution >= 0.6 is 11.8 Å². The van der Waals surface area contributed by atoms with Gasteiger partial charge in [-0.15, -0.1) is 0 Å². The lowest BCUT2D eigenvalue weighted by Gasteiger charge is -2.05. The number of para-hydroxylation sites is 1. The fraction of sp³-hybridized carbons (Fsp3) is 0.211. The topological polar surface area (TPSA) is 44.9 Å². The number of aromatic amines is 1. The summed E-state index contributed by atoms with van der Waals surface area (Å²) < 4.78 is 0. The monoisotopic (exact) mass is 324 g/mol. The highest BCUT2D eigenvalue weighted by Crippen LogP contribution is 2.35. The van der Waals surface area contributed by atoms with Gasteiger partial charge >= 0.3 is 0 Å². The molecule has 0 atom stereocenters. The van der Waals surface area contributed by atoms with Crippen LogP contribution in [-0.2, 0) is 11.2 Å². The van der Waals surface area contributed by atoms with Crippen LogP contribution in [0, 0.1) is 6.92 Å². The van der Waals surface area contributed by atoms with Crippen molar-refractivity contribution in [3.8, 4) is 0 Å². The van der Waals surface area contributed by atoms with Crippen molar-refractivity contribution in [3.05, 3.63) is 59.7 Å². The highest BCUT2D eigenvalue weighted by Gasteiger charge is 2.13. The summed E-state index contributed by atoms with van der Waals surface area (Å²) in [6, 6.07) is 16.8. The molecule has 0 saturated carbocycles. The van der Waals surface area contributed by atoms with Gasteiger partial charge in [-0.1, -0.05) is 47.7 Å². The number of hydrogen-bond donors (Lipinski definition) is 2. The van der Waals surface area contributed by atoms with Gasteiger partial charge in [0.25, 0.3) is 0 Å². The molecule has 2 aromatic carbocycles. The van der Waals surface area contributed by atoms with Crippen molar-refractivity contribution in [2.24, 2.45) is 0 Å². The summed E-state index contributed by atoms with van der Waals surface area (Å²) in [5.74, 6) is 0.0709. The number of aromatic nitrogens is 1. The minimum Gasteiger partial charge on any atom is -0.359 e. The summed E-state index contributed by atoms with van der Waals surface area (Å²) in [5.41, 5.74) is 3.59. The molecule has 0 aliphatic carbocycles. The van der Waals surface area contributed by atoms with Crippen molar-refractivity contribution in [2.75, 3.05) is 7.05 Å². The summed E-state index contributed by atoms with van der Waals surface area (Å²) in [5, 5.41) is 5.02. The lowest BCUT2D eigenvalue weighted by Crippen LogP contribution is -2.17. The standard InChI is InChI=1S/C19H20N2OS/c1-13-7-9-14(10-8-13)23-19-16(11-12-18(22)20-2)15-5-3-4-6-17(15)21-19/h3-10,21H,11-12H2,1-2H3,(H,20,22).